The Morgan fingerprint density at radius 1 is 1.23 bits per heavy atom. The van der Waals surface area contributed by atoms with Crippen LogP contribution in [0.3, 0.4) is 0 Å². The molecule has 10 heteroatoms. The molecule has 8 nitrogen and oxygen atoms in total. The molecule has 3 heterocycles. The van der Waals surface area contributed by atoms with E-state index in [-0.39, 0.29) is 11.7 Å². The summed E-state index contributed by atoms with van der Waals surface area (Å²) in [6, 6.07) is 9.20. The fraction of sp³-hybridized carbons (Fsp3) is 0.333. The van der Waals surface area contributed by atoms with E-state index in [1.807, 2.05) is 35.1 Å². The SMILES string of the molecule is CCn1c(SCC(=O)Nc2cc(C(N)=O)ccc2N2CCCC2)nnc1-c1cccs1. The van der Waals surface area contributed by atoms with Gasteiger partial charge in [0.25, 0.3) is 0 Å². The van der Waals surface area contributed by atoms with Gasteiger partial charge in [-0.25, -0.2) is 0 Å². The third kappa shape index (κ3) is 4.75. The van der Waals surface area contributed by atoms with Gasteiger partial charge in [0.1, 0.15) is 0 Å². The Kier molecular flexibility index (Phi) is 6.57. The number of aromatic nitrogens is 3. The lowest BCUT2D eigenvalue weighted by Crippen LogP contribution is -2.23. The second-order valence-electron chi connectivity index (χ2n) is 7.15. The summed E-state index contributed by atoms with van der Waals surface area (Å²) < 4.78 is 2.01. The van der Waals surface area contributed by atoms with Crippen LogP contribution in [0, 0.1) is 0 Å². The smallest absolute Gasteiger partial charge is 0.248 e. The van der Waals surface area contributed by atoms with Crippen LogP contribution in [0.2, 0.25) is 0 Å². The lowest BCUT2D eigenvalue weighted by Gasteiger charge is -2.22. The van der Waals surface area contributed by atoms with Gasteiger partial charge in [0.15, 0.2) is 11.0 Å². The number of carbonyl (C=O) groups is 2. The summed E-state index contributed by atoms with van der Waals surface area (Å²) >= 11 is 2.95. The number of amides is 2. The second-order valence-corrected chi connectivity index (χ2v) is 9.05. The monoisotopic (exact) mass is 456 g/mol. The number of thioether (sulfide) groups is 1. The average Bonchev–Trinajstić information content (AvgIpc) is 3.53. The highest BCUT2D eigenvalue weighted by molar-refractivity contribution is 7.99. The number of nitrogens with two attached hydrogens (primary N) is 1. The highest BCUT2D eigenvalue weighted by Gasteiger charge is 2.19. The molecule has 1 aliphatic rings. The summed E-state index contributed by atoms with van der Waals surface area (Å²) in [4.78, 5) is 27.6. The van der Waals surface area contributed by atoms with Crippen molar-refractivity contribution in [1.29, 1.82) is 0 Å². The van der Waals surface area contributed by atoms with Crippen LogP contribution >= 0.6 is 23.1 Å². The molecule has 0 spiro atoms. The number of hydrogen-bond acceptors (Lipinski definition) is 7. The first kappa shape index (κ1) is 21.4. The Bertz CT molecular complexity index is 1070. The van der Waals surface area contributed by atoms with Gasteiger partial charge in [-0.15, -0.1) is 21.5 Å². The van der Waals surface area contributed by atoms with Gasteiger partial charge in [0, 0.05) is 25.2 Å². The molecule has 3 N–H and O–H groups in total. The maximum absolute atomic E-state index is 12.7. The Morgan fingerprint density at radius 2 is 2.03 bits per heavy atom. The number of primary amides is 1. The largest absolute Gasteiger partial charge is 0.370 e. The minimum absolute atomic E-state index is 0.171. The van der Waals surface area contributed by atoms with E-state index in [2.05, 4.69) is 20.4 Å². The summed E-state index contributed by atoms with van der Waals surface area (Å²) in [5.74, 6) is 0.305. The molecule has 2 amide bonds. The molecule has 0 aliphatic carbocycles. The van der Waals surface area contributed by atoms with Gasteiger partial charge in [0.05, 0.1) is 22.0 Å². The van der Waals surface area contributed by atoms with Crippen LogP contribution in [0.4, 0.5) is 11.4 Å². The molecule has 0 bridgehead atoms. The maximum atomic E-state index is 12.7. The molecular formula is C21H24N6O2S2. The molecule has 1 aromatic carbocycles. The Morgan fingerprint density at radius 3 is 2.71 bits per heavy atom. The molecule has 1 saturated heterocycles. The van der Waals surface area contributed by atoms with Crippen LogP contribution in [0.1, 0.15) is 30.1 Å². The number of nitrogens with zero attached hydrogens (tertiary/aromatic N) is 4. The molecule has 4 rings (SSSR count). The first-order valence-electron chi connectivity index (χ1n) is 10.2. The van der Waals surface area contributed by atoms with Crippen molar-refractivity contribution >= 4 is 46.3 Å². The zero-order valence-corrected chi connectivity index (χ0v) is 18.8. The van der Waals surface area contributed by atoms with Crippen LogP contribution in [-0.4, -0.2) is 45.4 Å². The Labute approximate surface area is 188 Å². The quantitative estimate of drug-likeness (QED) is 0.503. The van der Waals surface area contributed by atoms with Gasteiger partial charge in [-0.3, -0.25) is 9.59 Å². The molecule has 162 valence electrons. The van der Waals surface area contributed by atoms with Crippen molar-refractivity contribution in [3.8, 4) is 10.7 Å². The van der Waals surface area contributed by atoms with E-state index >= 15 is 0 Å². The molecule has 1 aliphatic heterocycles. The predicted octanol–water partition coefficient (Wildman–Crippen LogP) is 3.46. The van der Waals surface area contributed by atoms with Crippen LogP contribution in [0.15, 0.2) is 40.9 Å². The normalized spacial score (nSPS) is 13.5. The summed E-state index contributed by atoms with van der Waals surface area (Å²) in [7, 11) is 0. The number of anilines is 2. The van der Waals surface area contributed by atoms with E-state index in [9.17, 15) is 9.59 Å². The third-order valence-corrected chi connectivity index (χ3v) is 6.94. The predicted molar refractivity (Wildman–Crippen MR) is 125 cm³/mol. The van der Waals surface area contributed by atoms with E-state index in [1.54, 1.807) is 23.5 Å². The number of nitrogens with one attached hydrogen (secondary N) is 1. The third-order valence-electron chi connectivity index (χ3n) is 5.11. The molecule has 2 aromatic heterocycles. The van der Waals surface area contributed by atoms with Crippen LogP contribution < -0.4 is 16.0 Å². The van der Waals surface area contributed by atoms with E-state index < -0.39 is 5.91 Å². The zero-order chi connectivity index (χ0) is 21.8. The van der Waals surface area contributed by atoms with Gasteiger partial charge >= 0.3 is 0 Å². The zero-order valence-electron chi connectivity index (χ0n) is 17.2. The minimum Gasteiger partial charge on any atom is -0.370 e. The van der Waals surface area contributed by atoms with Gasteiger partial charge in [-0.1, -0.05) is 17.8 Å². The molecule has 31 heavy (non-hydrogen) atoms. The van der Waals surface area contributed by atoms with Crippen LogP contribution in [0.5, 0.6) is 0 Å². The van der Waals surface area contributed by atoms with Gasteiger partial charge in [0.2, 0.25) is 11.8 Å². The topological polar surface area (TPSA) is 106 Å². The van der Waals surface area contributed by atoms with Crippen molar-refractivity contribution in [1.82, 2.24) is 14.8 Å². The number of hydrogen-bond donors (Lipinski definition) is 2. The lowest BCUT2D eigenvalue weighted by molar-refractivity contribution is -0.113. The van der Waals surface area contributed by atoms with Crippen molar-refractivity contribution in [2.75, 3.05) is 29.1 Å². The number of thiophene rings is 1. The molecule has 0 unspecified atom stereocenters. The first-order valence-corrected chi connectivity index (χ1v) is 12.0. The maximum Gasteiger partial charge on any atom is 0.248 e. The van der Waals surface area contributed by atoms with Gasteiger partial charge in [-0.05, 0) is 49.4 Å². The van der Waals surface area contributed by atoms with E-state index in [0.717, 1.165) is 42.3 Å². The number of carbonyl (C=O) groups excluding carboxylic acids is 2. The van der Waals surface area contributed by atoms with E-state index in [4.69, 9.17) is 5.73 Å². The average molecular weight is 457 g/mol. The minimum atomic E-state index is -0.519. The Hall–Kier alpha value is -2.85. The van der Waals surface area contributed by atoms with Crippen molar-refractivity contribution in [3.05, 3.63) is 41.3 Å². The van der Waals surface area contributed by atoms with Crippen LogP contribution in [-0.2, 0) is 11.3 Å². The fourth-order valence-electron chi connectivity index (χ4n) is 3.61. The molecule has 0 saturated carbocycles. The Balaban J connectivity index is 1.48. The molecule has 1 fully saturated rings. The van der Waals surface area contributed by atoms with Crippen LogP contribution in [0.25, 0.3) is 10.7 Å². The fourth-order valence-corrected chi connectivity index (χ4v) is 5.13. The van der Waals surface area contributed by atoms with Gasteiger partial charge in [-0.2, -0.15) is 0 Å². The van der Waals surface area contributed by atoms with Crippen molar-refractivity contribution < 1.29 is 9.59 Å². The summed E-state index contributed by atoms with van der Waals surface area (Å²) in [5, 5.41) is 14.2. The van der Waals surface area contributed by atoms with E-state index in [0.29, 0.717) is 23.0 Å². The van der Waals surface area contributed by atoms with Crippen molar-refractivity contribution in [2.45, 2.75) is 31.5 Å². The summed E-state index contributed by atoms with van der Waals surface area (Å²) in [6.07, 6.45) is 2.22. The molecule has 0 radical (unpaired) electrons. The van der Waals surface area contributed by atoms with E-state index in [1.165, 1.54) is 11.8 Å². The van der Waals surface area contributed by atoms with Crippen molar-refractivity contribution in [2.24, 2.45) is 5.73 Å². The molecule has 3 aromatic rings. The number of benzene rings is 1. The standard InChI is InChI=1S/C21H24N6O2S2/c1-2-27-20(17-6-5-11-30-17)24-25-21(27)31-13-18(28)23-15-12-14(19(22)29)7-8-16(15)26-9-3-4-10-26/h5-8,11-12H,2-4,9-10,13H2,1H3,(H2,22,29)(H,23,28). The highest BCUT2D eigenvalue weighted by Crippen LogP contribution is 2.31. The molecular weight excluding hydrogens is 432 g/mol. The number of rotatable bonds is 8. The highest BCUT2D eigenvalue weighted by atomic mass is 32.2. The van der Waals surface area contributed by atoms with Crippen molar-refractivity contribution in [3.63, 3.8) is 0 Å². The second kappa shape index (κ2) is 9.52. The summed E-state index contributed by atoms with van der Waals surface area (Å²) in [5.41, 5.74) is 7.34. The molecule has 0 atom stereocenters. The lowest BCUT2D eigenvalue weighted by atomic mass is 10.1. The first-order chi connectivity index (χ1) is 15.1. The van der Waals surface area contributed by atoms with Gasteiger partial charge < -0.3 is 20.5 Å². The summed E-state index contributed by atoms with van der Waals surface area (Å²) in [6.45, 7) is 4.60.